The van der Waals surface area contributed by atoms with Crippen LogP contribution in [0.15, 0.2) is 42.5 Å². The lowest BCUT2D eigenvalue weighted by Crippen LogP contribution is -2.27. The summed E-state index contributed by atoms with van der Waals surface area (Å²) in [5, 5.41) is 0. The van der Waals surface area contributed by atoms with Gasteiger partial charge in [-0.1, -0.05) is 12.1 Å². The van der Waals surface area contributed by atoms with Gasteiger partial charge in [0.1, 0.15) is 11.5 Å². The Kier molecular flexibility index (Phi) is 6.17. The van der Waals surface area contributed by atoms with E-state index in [-0.39, 0.29) is 12.4 Å². The number of esters is 1. The molecule has 0 radical (unpaired) electrons. The van der Waals surface area contributed by atoms with E-state index < -0.39 is 12.1 Å². The van der Waals surface area contributed by atoms with E-state index >= 15 is 0 Å². The fourth-order valence-electron chi connectivity index (χ4n) is 2.29. The Morgan fingerprint density at radius 1 is 1.04 bits per heavy atom. The van der Waals surface area contributed by atoms with Gasteiger partial charge in [0.05, 0.1) is 7.11 Å². The summed E-state index contributed by atoms with van der Waals surface area (Å²) in [5.41, 5.74) is 2.50. The van der Waals surface area contributed by atoms with Gasteiger partial charge in [-0.25, -0.2) is 4.79 Å². The number of carbonyl (C=O) groups excluding carboxylic acids is 2. The molecule has 0 heterocycles. The van der Waals surface area contributed by atoms with Crippen molar-refractivity contribution >= 4 is 11.8 Å². The molecule has 0 aliphatic heterocycles. The van der Waals surface area contributed by atoms with Gasteiger partial charge < -0.3 is 14.2 Å². The second kappa shape index (κ2) is 8.33. The van der Waals surface area contributed by atoms with E-state index in [1.807, 2.05) is 26.0 Å². The van der Waals surface area contributed by atoms with E-state index in [4.69, 9.17) is 14.2 Å². The van der Waals surface area contributed by atoms with Crippen molar-refractivity contribution < 1.29 is 23.8 Å². The van der Waals surface area contributed by atoms with E-state index in [1.54, 1.807) is 44.4 Å². The monoisotopic (exact) mass is 342 g/mol. The summed E-state index contributed by atoms with van der Waals surface area (Å²) in [6, 6.07) is 12.3. The number of carbonyl (C=O) groups is 2. The van der Waals surface area contributed by atoms with Gasteiger partial charge in [-0.2, -0.15) is 0 Å². The lowest BCUT2D eigenvalue weighted by Gasteiger charge is -2.14. The van der Waals surface area contributed by atoms with Gasteiger partial charge in [0.2, 0.25) is 5.78 Å². The first kappa shape index (κ1) is 18.5. The third-order valence-electron chi connectivity index (χ3n) is 3.95. The van der Waals surface area contributed by atoms with Crippen LogP contribution in [0.5, 0.6) is 11.5 Å². The molecular formula is C20H22O5. The molecule has 1 atom stereocenters. The molecule has 5 heteroatoms. The van der Waals surface area contributed by atoms with E-state index in [9.17, 15) is 9.59 Å². The minimum atomic E-state index is -0.886. The fraction of sp³-hybridized carbons (Fsp3) is 0.300. The van der Waals surface area contributed by atoms with Crippen molar-refractivity contribution in [1.29, 1.82) is 0 Å². The van der Waals surface area contributed by atoms with Crippen molar-refractivity contribution in [3.63, 3.8) is 0 Å². The van der Waals surface area contributed by atoms with Crippen LogP contribution in [0.3, 0.4) is 0 Å². The first-order valence-corrected chi connectivity index (χ1v) is 7.99. The van der Waals surface area contributed by atoms with Crippen molar-refractivity contribution in [2.24, 2.45) is 0 Å². The predicted octanol–water partition coefficient (Wildman–Crippen LogP) is 3.51. The molecule has 0 saturated carbocycles. The summed E-state index contributed by atoms with van der Waals surface area (Å²) < 4.78 is 15.7. The van der Waals surface area contributed by atoms with E-state index in [0.29, 0.717) is 17.1 Å². The van der Waals surface area contributed by atoms with E-state index in [1.165, 1.54) is 0 Å². The van der Waals surface area contributed by atoms with Gasteiger partial charge in [0.15, 0.2) is 12.7 Å². The number of benzene rings is 2. The number of ether oxygens (including phenoxy) is 3. The number of hydrogen-bond donors (Lipinski definition) is 0. The molecule has 2 aromatic rings. The second-order valence-corrected chi connectivity index (χ2v) is 5.71. The summed E-state index contributed by atoms with van der Waals surface area (Å²) in [5.74, 6) is 0.423. The summed E-state index contributed by atoms with van der Waals surface area (Å²) in [6.45, 7) is 5.19. The predicted molar refractivity (Wildman–Crippen MR) is 94.3 cm³/mol. The molecule has 0 aliphatic carbocycles. The molecule has 0 aromatic heterocycles. The summed E-state index contributed by atoms with van der Waals surface area (Å²) in [7, 11) is 1.55. The standard InChI is InChI=1S/C20H22O5/c1-13-6-5-7-18(14(13)2)24-12-19(21)25-15(3)20(22)16-8-10-17(23-4)11-9-16/h5-11,15H,12H2,1-4H3/t15-/m1/s1. The Morgan fingerprint density at radius 3 is 2.36 bits per heavy atom. The highest BCUT2D eigenvalue weighted by Gasteiger charge is 2.20. The molecule has 25 heavy (non-hydrogen) atoms. The Labute approximate surface area is 147 Å². The Hall–Kier alpha value is -2.82. The molecule has 132 valence electrons. The Balaban J connectivity index is 1.90. The van der Waals surface area contributed by atoms with Crippen LogP contribution in [-0.4, -0.2) is 31.6 Å². The van der Waals surface area contributed by atoms with Crippen LogP contribution in [0.2, 0.25) is 0 Å². The zero-order valence-electron chi connectivity index (χ0n) is 14.9. The topological polar surface area (TPSA) is 61.8 Å². The highest BCUT2D eigenvalue weighted by atomic mass is 16.6. The molecule has 0 aliphatic rings. The van der Waals surface area contributed by atoms with Gasteiger partial charge >= 0.3 is 5.97 Å². The molecule has 0 spiro atoms. The fourth-order valence-corrected chi connectivity index (χ4v) is 2.29. The van der Waals surface area contributed by atoms with Gasteiger partial charge in [0, 0.05) is 5.56 Å². The maximum Gasteiger partial charge on any atom is 0.344 e. The molecule has 0 bridgehead atoms. The maximum atomic E-state index is 12.3. The third-order valence-corrected chi connectivity index (χ3v) is 3.95. The lowest BCUT2D eigenvalue weighted by molar-refractivity contribution is -0.148. The normalized spacial score (nSPS) is 11.5. The lowest BCUT2D eigenvalue weighted by atomic mass is 10.1. The number of aryl methyl sites for hydroxylation is 1. The minimum Gasteiger partial charge on any atom is -0.497 e. The first-order valence-electron chi connectivity index (χ1n) is 7.99. The molecule has 2 rings (SSSR count). The Morgan fingerprint density at radius 2 is 1.72 bits per heavy atom. The maximum absolute atomic E-state index is 12.3. The van der Waals surface area contributed by atoms with Crippen molar-refractivity contribution in [3.05, 3.63) is 59.2 Å². The number of ketones is 1. The minimum absolute atomic E-state index is 0.246. The van der Waals surface area contributed by atoms with Crippen molar-refractivity contribution in [3.8, 4) is 11.5 Å². The number of methoxy groups -OCH3 is 1. The van der Waals surface area contributed by atoms with Crippen LogP contribution >= 0.6 is 0 Å². The molecule has 5 nitrogen and oxygen atoms in total. The zero-order valence-corrected chi connectivity index (χ0v) is 14.9. The molecule has 0 saturated heterocycles. The largest absolute Gasteiger partial charge is 0.497 e. The first-order chi connectivity index (χ1) is 11.9. The average molecular weight is 342 g/mol. The average Bonchev–Trinajstić information content (AvgIpc) is 2.62. The summed E-state index contributed by atoms with van der Waals surface area (Å²) in [4.78, 5) is 24.2. The van der Waals surface area contributed by atoms with Crippen molar-refractivity contribution in [2.75, 3.05) is 13.7 Å². The smallest absolute Gasteiger partial charge is 0.344 e. The highest BCUT2D eigenvalue weighted by molar-refractivity contribution is 6.00. The van der Waals surface area contributed by atoms with Crippen LogP contribution in [0.25, 0.3) is 0 Å². The second-order valence-electron chi connectivity index (χ2n) is 5.71. The SMILES string of the molecule is COc1ccc(C(=O)[C@@H](C)OC(=O)COc2cccc(C)c2C)cc1. The Bertz CT molecular complexity index is 749. The molecule has 0 unspecified atom stereocenters. The molecule has 2 aromatic carbocycles. The van der Waals surface area contributed by atoms with E-state index in [2.05, 4.69) is 0 Å². The number of rotatable bonds is 7. The molecule has 0 amide bonds. The van der Waals surface area contributed by atoms with Crippen LogP contribution in [0.4, 0.5) is 0 Å². The van der Waals surface area contributed by atoms with Crippen molar-refractivity contribution in [1.82, 2.24) is 0 Å². The quantitative estimate of drug-likeness (QED) is 0.569. The third kappa shape index (κ3) is 4.83. The highest BCUT2D eigenvalue weighted by Crippen LogP contribution is 2.20. The molecule has 0 N–H and O–H groups in total. The van der Waals surface area contributed by atoms with Gasteiger partial charge in [-0.05, 0) is 62.2 Å². The van der Waals surface area contributed by atoms with Crippen LogP contribution in [-0.2, 0) is 9.53 Å². The number of hydrogen-bond acceptors (Lipinski definition) is 5. The van der Waals surface area contributed by atoms with E-state index in [0.717, 1.165) is 11.1 Å². The summed E-state index contributed by atoms with van der Waals surface area (Å²) >= 11 is 0. The van der Waals surface area contributed by atoms with Gasteiger partial charge in [0.25, 0.3) is 0 Å². The van der Waals surface area contributed by atoms with Crippen molar-refractivity contribution in [2.45, 2.75) is 26.9 Å². The molecule has 0 fully saturated rings. The number of Topliss-reactive ketones (excluding diaryl/α,β-unsaturated/α-hetero) is 1. The summed E-state index contributed by atoms with van der Waals surface area (Å²) in [6.07, 6.45) is -0.886. The van der Waals surface area contributed by atoms with Crippen LogP contribution in [0.1, 0.15) is 28.4 Å². The van der Waals surface area contributed by atoms with Gasteiger partial charge in [-0.3, -0.25) is 4.79 Å². The zero-order chi connectivity index (χ0) is 18.4. The molecular weight excluding hydrogens is 320 g/mol. The van der Waals surface area contributed by atoms with Gasteiger partial charge in [-0.15, -0.1) is 0 Å². The van der Waals surface area contributed by atoms with Crippen LogP contribution < -0.4 is 9.47 Å². The van der Waals surface area contributed by atoms with Crippen LogP contribution in [0, 0.1) is 13.8 Å².